The van der Waals surface area contributed by atoms with Crippen LogP contribution in [-0.2, 0) is 4.79 Å². The van der Waals surface area contributed by atoms with Crippen LogP contribution in [0.5, 0.6) is 0 Å². The van der Waals surface area contributed by atoms with E-state index in [-0.39, 0.29) is 24.2 Å². The Balaban J connectivity index is 0.00000225. The topological polar surface area (TPSA) is 41.1 Å². The Morgan fingerprint density at radius 1 is 1.50 bits per heavy atom. The lowest BCUT2D eigenvalue weighted by Gasteiger charge is -2.36. The molecule has 2 N–H and O–H groups in total. The third-order valence-electron chi connectivity index (χ3n) is 3.59. The first kappa shape index (κ1) is 15.7. The molecule has 1 rings (SSSR count). The average molecular weight is 249 g/mol. The number of halogens is 1. The van der Waals surface area contributed by atoms with Crippen molar-refractivity contribution in [2.45, 2.75) is 52.6 Å². The highest BCUT2D eigenvalue weighted by molar-refractivity contribution is 5.85. The summed E-state index contributed by atoms with van der Waals surface area (Å²) in [7, 11) is 0. The van der Waals surface area contributed by atoms with E-state index in [2.05, 4.69) is 31.4 Å². The molecule has 96 valence electrons. The van der Waals surface area contributed by atoms with Gasteiger partial charge in [0.25, 0.3) is 0 Å². The summed E-state index contributed by atoms with van der Waals surface area (Å²) in [4.78, 5) is 11.8. The number of amides is 1. The minimum Gasteiger partial charge on any atom is -0.351 e. The summed E-state index contributed by atoms with van der Waals surface area (Å²) in [5.74, 6) is 0.908. The molecule has 4 atom stereocenters. The van der Waals surface area contributed by atoms with Crippen LogP contribution >= 0.6 is 12.4 Å². The van der Waals surface area contributed by atoms with Gasteiger partial charge in [0.15, 0.2) is 0 Å². The zero-order valence-electron chi connectivity index (χ0n) is 10.7. The van der Waals surface area contributed by atoms with Gasteiger partial charge in [0, 0.05) is 18.0 Å². The molecule has 16 heavy (non-hydrogen) atoms. The van der Waals surface area contributed by atoms with Crippen molar-refractivity contribution < 1.29 is 4.79 Å². The molecule has 0 spiro atoms. The number of carbonyl (C=O) groups is 1. The van der Waals surface area contributed by atoms with E-state index in [1.807, 2.05) is 6.92 Å². The number of piperidine rings is 1. The smallest absolute Gasteiger partial charge is 0.223 e. The lowest BCUT2D eigenvalue weighted by atomic mass is 9.88. The van der Waals surface area contributed by atoms with Gasteiger partial charge >= 0.3 is 0 Å². The minimum atomic E-state index is 0. The summed E-state index contributed by atoms with van der Waals surface area (Å²) >= 11 is 0. The van der Waals surface area contributed by atoms with Crippen molar-refractivity contribution in [2.24, 2.45) is 11.8 Å². The molecule has 0 aromatic heterocycles. The van der Waals surface area contributed by atoms with Gasteiger partial charge in [-0.2, -0.15) is 0 Å². The maximum Gasteiger partial charge on any atom is 0.223 e. The molecule has 1 aliphatic heterocycles. The van der Waals surface area contributed by atoms with E-state index in [1.54, 1.807) is 0 Å². The minimum absolute atomic E-state index is 0. The predicted octanol–water partition coefficient (Wildman–Crippen LogP) is 1.96. The zero-order valence-corrected chi connectivity index (χ0v) is 11.6. The van der Waals surface area contributed by atoms with Crippen molar-refractivity contribution in [1.29, 1.82) is 0 Å². The number of rotatable bonds is 3. The van der Waals surface area contributed by atoms with Crippen LogP contribution in [0.2, 0.25) is 0 Å². The lowest BCUT2D eigenvalue weighted by Crippen LogP contribution is -2.56. The van der Waals surface area contributed by atoms with Crippen LogP contribution in [0.3, 0.4) is 0 Å². The van der Waals surface area contributed by atoms with Crippen LogP contribution in [0.15, 0.2) is 0 Å². The fraction of sp³-hybridized carbons (Fsp3) is 0.917. The SMILES string of the molecule is CCC(C)C(=O)NC1C(C)CCNC1C.Cl. The molecule has 4 heteroatoms. The molecule has 1 amide bonds. The van der Waals surface area contributed by atoms with Gasteiger partial charge in [0.1, 0.15) is 0 Å². The van der Waals surface area contributed by atoms with E-state index in [4.69, 9.17) is 0 Å². The molecule has 0 aliphatic carbocycles. The van der Waals surface area contributed by atoms with Gasteiger partial charge in [-0.15, -0.1) is 12.4 Å². The first-order valence-corrected chi connectivity index (χ1v) is 6.10. The van der Waals surface area contributed by atoms with E-state index in [0.29, 0.717) is 18.0 Å². The Bertz CT molecular complexity index is 213. The average Bonchev–Trinajstić information content (AvgIpc) is 2.22. The quantitative estimate of drug-likeness (QED) is 0.802. The normalized spacial score (nSPS) is 31.4. The zero-order chi connectivity index (χ0) is 11.4. The summed E-state index contributed by atoms with van der Waals surface area (Å²) in [6, 6.07) is 0.682. The van der Waals surface area contributed by atoms with Crippen molar-refractivity contribution in [2.75, 3.05) is 6.54 Å². The van der Waals surface area contributed by atoms with Crippen LogP contribution in [0.25, 0.3) is 0 Å². The summed E-state index contributed by atoms with van der Waals surface area (Å²) < 4.78 is 0. The highest BCUT2D eigenvalue weighted by Gasteiger charge is 2.29. The van der Waals surface area contributed by atoms with Crippen LogP contribution in [0.4, 0.5) is 0 Å². The molecule has 1 aliphatic rings. The molecule has 0 aromatic rings. The van der Waals surface area contributed by atoms with Gasteiger partial charge < -0.3 is 10.6 Å². The maximum absolute atomic E-state index is 11.8. The van der Waals surface area contributed by atoms with Crippen molar-refractivity contribution >= 4 is 18.3 Å². The summed E-state index contributed by atoms with van der Waals surface area (Å²) in [5.41, 5.74) is 0. The molecular weight excluding hydrogens is 224 g/mol. The fourth-order valence-electron chi connectivity index (χ4n) is 2.10. The third-order valence-corrected chi connectivity index (χ3v) is 3.59. The third kappa shape index (κ3) is 3.95. The predicted molar refractivity (Wildman–Crippen MR) is 69.9 cm³/mol. The second-order valence-electron chi connectivity index (χ2n) is 4.85. The standard InChI is InChI=1S/C12H24N2O.ClH/c1-5-8(2)12(15)14-11-9(3)6-7-13-10(11)4;/h8-11,13H,5-7H2,1-4H3,(H,14,15);1H. The van der Waals surface area contributed by atoms with Crippen molar-refractivity contribution in [1.82, 2.24) is 10.6 Å². The van der Waals surface area contributed by atoms with E-state index in [1.165, 1.54) is 0 Å². The van der Waals surface area contributed by atoms with Gasteiger partial charge in [-0.1, -0.05) is 20.8 Å². The molecule has 0 saturated carbocycles. The van der Waals surface area contributed by atoms with Crippen molar-refractivity contribution in [3.63, 3.8) is 0 Å². The van der Waals surface area contributed by atoms with Gasteiger partial charge in [0.2, 0.25) is 5.91 Å². The van der Waals surface area contributed by atoms with E-state index in [0.717, 1.165) is 19.4 Å². The number of hydrogen-bond acceptors (Lipinski definition) is 2. The Hall–Kier alpha value is -0.280. The van der Waals surface area contributed by atoms with Crippen LogP contribution in [-0.4, -0.2) is 24.5 Å². The summed E-state index contributed by atoms with van der Waals surface area (Å²) in [6.07, 6.45) is 2.06. The lowest BCUT2D eigenvalue weighted by molar-refractivity contribution is -0.126. The van der Waals surface area contributed by atoms with Crippen LogP contribution < -0.4 is 10.6 Å². The summed E-state index contributed by atoms with van der Waals surface area (Å²) in [5, 5.41) is 6.58. The molecule has 4 unspecified atom stereocenters. The van der Waals surface area contributed by atoms with Gasteiger partial charge in [-0.25, -0.2) is 0 Å². The van der Waals surface area contributed by atoms with Crippen LogP contribution in [0.1, 0.15) is 40.5 Å². The molecular formula is C12H25ClN2O. The van der Waals surface area contributed by atoms with Crippen molar-refractivity contribution in [3.05, 3.63) is 0 Å². The maximum atomic E-state index is 11.8. The van der Waals surface area contributed by atoms with E-state index in [9.17, 15) is 4.79 Å². The fourth-order valence-corrected chi connectivity index (χ4v) is 2.10. The van der Waals surface area contributed by atoms with Gasteiger partial charge in [0.05, 0.1) is 0 Å². The largest absolute Gasteiger partial charge is 0.351 e. The molecule has 3 nitrogen and oxygen atoms in total. The Labute approximate surface area is 105 Å². The molecule has 0 radical (unpaired) electrons. The highest BCUT2D eigenvalue weighted by atomic mass is 35.5. The molecule has 1 saturated heterocycles. The first-order chi connectivity index (χ1) is 7.06. The first-order valence-electron chi connectivity index (χ1n) is 6.10. The number of nitrogens with one attached hydrogen (secondary N) is 2. The van der Waals surface area contributed by atoms with Gasteiger partial charge in [-0.3, -0.25) is 4.79 Å². The second-order valence-corrected chi connectivity index (χ2v) is 4.85. The number of carbonyl (C=O) groups excluding carboxylic acids is 1. The monoisotopic (exact) mass is 248 g/mol. The molecule has 1 fully saturated rings. The Kier molecular flexibility index (Phi) is 7.00. The van der Waals surface area contributed by atoms with E-state index >= 15 is 0 Å². The molecule has 0 bridgehead atoms. The van der Waals surface area contributed by atoms with E-state index < -0.39 is 0 Å². The van der Waals surface area contributed by atoms with Gasteiger partial charge in [-0.05, 0) is 32.2 Å². The molecule has 0 aromatic carbocycles. The second kappa shape index (κ2) is 7.13. The van der Waals surface area contributed by atoms with Crippen molar-refractivity contribution in [3.8, 4) is 0 Å². The van der Waals surface area contributed by atoms with Crippen LogP contribution in [0, 0.1) is 11.8 Å². The highest BCUT2D eigenvalue weighted by Crippen LogP contribution is 2.16. The summed E-state index contributed by atoms with van der Waals surface area (Å²) in [6.45, 7) is 9.48. The molecule has 1 heterocycles. The Morgan fingerprint density at radius 2 is 2.12 bits per heavy atom. The Morgan fingerprint density at radius 3 is 2.62 bits per heavy atom. The number of hydrogen-bond donors (Lipinski definition) is 2.